The Balaban J connectivity index is 2.53. The molecule has 0 aliphatic heterocycles. The molecule has 1 rings (SSSR count). The third-order valence-electron chi connectivity index (χ3n) is 3.72. The van der Waals surface area contributed by atoms with E-state index in [0.29, 0.717) is 6.42 Å². The van der Waals surface area contributed by atoms with Crippen LogP contribution in [-0.4, -0.2) is 43.1 Å². The zero-order chi connectivity index (χ0) is 14.1. The molecule has 0 saturated heterocycles. The number of aliphatic carboxylic acids is 1. The van der Waals surface area contributed by atoms with E-state index in [1.807, 2.05) is 13.8 Å². The normalized spacial score (nSPS) is 28.6. The molecule has 1 aliphatic carbocycles. The molecule has 0 radical (unpaired) electrons. The second-order valence-electron chi connectivity index (χ2n) is 5.17. The Labute approximate surface area is 103 Å². The van der Waals surface area contributed by atoms with E-state index in [1.165, 1.54) is 0 Å². The van der Waals surface area contributed by atoms with Crippen molar-refractivity contribution in [3.05, 3.63) is 0 Å². The number of hydrogen-bond acceptors (Lipinski definition) is 3. The largest absolute Gasteiger partial charge is 0.481 e. The van der Waals surface area contributed by atoms with Crippen LogP contribution in [0.5, 0.6) is 0 Å². The van der Waals surface area contributed by atoms with Gasteiger partial charge in [-0.15, -0.1) is 0 Å². The van der Waals surface area contributed by atoms with Crippen molar-refractivity contribution in [2.45, 2.75) is 38.6 Å². The fourth-order valence-electron chi connectivity index (χ4n) is 2.23. The molecule has 1 aliphatic rings. The van der Waals surface area contributed by atoms with Gasteiger partial charge in [0.1, 0.15) is 0 Å². The van der Waals surface area contributed by atoms with Crippen LogP contribution in [0.4, 0.5) is 13.2 Å². The van der Waals surface area contributed by atoms with Gasteiger partial charge in [-0.25, -0.2) is 0 Å². The zero-order valence-corrected chi connectivity index (χ0v) is 10.5. The molecule has 0 aromatic carbocycles. The summed E-state index contributed by atoms with van der Waals surface area (Å²) in [6.45, 7) is 3.15. The number of carbonyl (C=O) groups is 1. The van der Waals surface area contributed by atoms with E-state index in [2.05, 4.69) is 5.32 Å². The van der Waals surface area contributed by atoms with Gasteiger partial charge in [0.15, 0.2) is 5.92 Å². The first-order chi connectivity index (χ1) is 8.10. The van der Waals surface area contributed by atoms with E-state index >= 15 is 0 Å². The van der Waals surface area contributed by atoms with Gasteiger partial charge in [-0.3, -0.25) is 4.79 Å². The average Bonchev–Trinajstić information content (AvgIpc) is 2.19. The van der Waals surface area contributed by atoms with E-state index < -0.39 is 24.6 Å². The van der Waals surface area contributed by atoms with Gasteiger partial charge in [-0.05, 0) is 6.42 Å². The van der Waals surface area contributed by atoms with Crippen molar-refractivity contribution in [3.63, 3.8) is 0 Å². The maximum atomic E-state index is 12.4. The number of ether oxygens (including phenoxy) is 1. The van der Waals surface area contributed by atoms with Crippen LogP contribution in [0.3, 0.4) is 0 Å². The number of halogens is 3. The van der Waals surface area contributed by atoms with Crippen LogP contribution >= 0.6 is 0 Å². The molecule has 1 saturated carbocycles. The van der Waals surface area contributed by atoms with Crippen molar-refractivity contribution in [3.8, 4) is 0 Å². The molecule has 3 unspecified atom stereocenters. The Morgan fingerprint density at radius 2 is 2.11 bits per heavy atom. The van der Waals surface area contributed by atoms with Gasteiger partial charge in [-0.1, -0.05) is 13.8 Å². The van der Waals surface area contributed by atoms with E-state index in [9.17, 15) is 18.0 Å². The lowest BCUT2D eigenvalue weighted by atomic mass is 9.64. The minimum atomic E-state index is -4.73. The molecule has 2 N–H and O–H groups in total. The summed E-state index contributed by atoms with van der Waals surface area (Å²) in [5, 5.41) is 11.2. The number of carboxylic acids is 1. The monoisotopic (exact) mass is 269 g/mol. The summed E-state index contributed by atoms with van der Waals surface area (Å²) in [5.74, 6) is -4.22. The highest BCUT2D eigenvalue weighted by molar-refractivity contribution is 5.71. The quantitative estimate of drug-likeness (QED) is 0.797. The predicted octanol–water partition coefficient (Wildman–Crippen LogP) is 1.65. The maximum absolute atomic E-state index is 12.4. The zero-order valence-electron chi connectivity index (χ0n) is 10.5. The minimum absolute atomic E-state index is 0.0100. The molecule has 7 heteroatoms. The van der Waals surface area contributed by atoms with Gasteiger partial charge in [0.25, 0.3) is 0 Å². The van der Waals surface area contributed by atoms with Gasteiger partial charge in [0.2, 0.25) is 0 Å². The smallest absolute Gasteiger partial charge is 0.403 e. The molecule has 106 valence electrons. The summed E-state index contributed by atoms with van der Waals surface area (Å²) in [6, 6.07) is -0.161. The number of nitrogens with one attached hydrogen (secondary N) is 1. The van der Waals surface area contributed by atoms with Crippen molar-refractivity contribution in [1.29, 1.82) is 0 Å². The summed E-state index contributed by atoms with van der Waals surface area (Å²) in [4.78, 5) is 10.6. The first-order valence-electron chi connectivity index (χ1n) is 5.66. The van der Waals surface area contributed by atoms with Crippen molar-refractivity contribution in [1.82, 2.24) is 5.32 Å². The van der Waals surface area contributed by atoms with Crippen molar-refractivity contribution >= 4 is 5.97 Å². The van der Waals surface area contributed by atoms with Crippen molar-refractivity contribution in [2.75, 3.05) is 13.7 Å². The number of carboxylic acid groups (broad SMARTS) is 1. The summed E-state index contributed by atoms with van der Waals surface area (Å²) < 4.78 is 42.5. The highest BCUT2D eigenvalue weighted by Gasteiger charge is 2.50. The fraction of sp³-hybridized carbons (Fsp3) is 0.909. The van der Waals surface area contributed by atoms with Gasteiger partial charge >= 0.3 is 12.1 Å². The topological polar surface area (TPSA) is 58.6 Å². The molecule has 0 heterocycles. The van der Waals surface area contributed by atoms with Crippen LogP contribution < -0.4 is 5.32 Å². The maximum Gasteiger partial charge on any atom is 0.403 e. The van der Waals surface area contributed by atoms with Crippen LogP contribution in [0.25, 0.3) is 0 Å². The summed E-state index contributed by atoms with van der Waals surface area (Å²) in [6.07, 6.45) is -4.15. The molecular formula is C11H18F3NO3. The highest BCUT2D eigenvalue weighted by atomic mass is 19.4. The number of methoxy groups -OCH3 is 1. The molecular weight excluding hydrogens is 251 g/mol. The Morgan fingerprint density at radius 3 is 2.44 bits per heavy atom. The lowest BCUT2D eigenvalue weighted by Gasteiger charge is -2.51. The van der Waals surface area contributed by atoms with Gasteiger partial charge in [0.05, 0.1) is 6.10 Å². The Morgan fingerprint density at radius 1 is 1.56 bits per heavy atom. The standard InChI is InChI=1S/C11H18F3NO3/c1-10(2)7(4-8(10)18-3)15-5-6(9(16)17)11(12,13)14/h6-8,15H,4-5H2,1-3H3,(H,16,17). The summed E-state index contributed by atoms with van der Waals surface area (Å²) in [7, 11) is 1.55. The van der Waals surface area contributed by atoms with E-state index in [4.69, 9.17) is 9.84 Å². The average molecular weight is 269 g/mol. The first-order valence-corrected chi connectivity index (χ1v) is 5.66. The lowest BCUT2D eigenvalue weighted by Crippen LogP contribution is -2.62. The predicted molar refractivity (Wildman–Crippen MR) is 58.2 cm³/mol. The van der Waals surface area contributed by atoms with Crippen LogP contribution in [0, 0.1) is 11.3 Å². The van der Waals surface area contributed by atoms with Crippen LogP contribution in [0.1, 0.15) is 20.3 Å². The van der Waals surface area contributed by atoms with Gasteiger partial charge in [-0.2, -0.15) is 13.2 Å². The minimum Gasteiger partial charge on any atom is -0.481 e. The van der Waals surface area contributed by atoms with Crippen molar-refractivity contribution < 1.29 is 27.8 Å². The molecule has 0 amide bonds. The molecule has 1 fully saturated rings. The highest BCUT2D eigenvalue weighted by Crippen LogP contribution is 2.42. The van der Waals surface area contributed by atoms with E-state index in [-0.39, 0.29) is 17.6 Å². The molecule has 3 atom stereocenters. The van der Waals surface area contributed by atoms with Crippen molar-refractivity contribution in [2.24, 2.45) is 11.3 Å². The molecule has 0 aromatic rings. The second kappa shape index (κ2) is 5.05. The van der Waals surface area contributed by atoms with Gasteiger partial charge in [0, 0.05) is 25.1 Å². The van der Waals surface area contributed by atoms with Gasteiger partial charge < -0.3 is 15.2 Å². The van der Waals surface area contributed by atoms with Crippen LogP contribution in [0.15, 0.2) is 0 Å². The fourth-order valence-corrected chi connectivity index (χ4v) is 2.23. The molecule has 0 spiro atoms. The Hall–Kier alpha value is -0.820. The molecule has 18 heavy (non-hydrogen) atoms. The number of alkyl halides is 3. The third-order valence-corrected chi connectivity index (χ3v) is 3.72. The van der Waals surface area contributed by atoms with Crippen LogP contribution in [-0.2, 0) is 9.53 Å². The Bertz CT molecular complexity index is 317. The lowest BCUT2D eigenvalue weighted by molar-refractivity contribution is -0.194. The summed E-state index contributed by atoms with van der Waals surface area (Å²) >= 11 is 0. The summed E-state index contributed by atoms with van der Waals surface area (Å²) in [5.41, 5.74) is -0.288. The third kappa shape index (κ3) is 2.95. The number of rotatable bonds is 5. The van der Waals surface area contributed by atoms with Crippen LogP contribution in [0.2, 0.25) is 0 Å². The van der Waals surface area contributed by atoms with E-state index in [1.54, 1.807) is 7.11 Å². The molecule has 4 nitrogen and oxygen atoms in total. The Kier molecular flexibility index (Phi) is 4.27. The first kappa shape index (κ1) is 15.2. The number of hydrogen-bond donors (Lipinski definition) is 2. The van der Waals surface area contributed by atoms with E-state index in [0.717, 1.165) is 0 Å². The molecule has 0 bridgehead atoms. The molecule has 0 aromatic heterocycles. The SMILES string of the molecule is COC1CC(NCC(C(=O)O)C(F)(F)F)C1(C)C. The second-order valence-corrected chi connectivity index (χ2v) is 5.17.